The zero-order valence-electron chi connectivity index (χ0n) is 12.1. The number of aliphatic carboxylic acids is 1. The Morgan fingerprint density at radius 3 is 2.00 bits per heavy atom. The molecule has 0 saturated heterocycles. The molecule has 0 heterocycles. The summed E-state index contributed by atoms with van der Waals surface area (Å²) in [5.41, 5.74) is -1.05. The van der Waals surface area contributed by atoms with E-state index in [0.29, 0.717) is 12.8 Å². The van der Waals surface area contributed by atoms with Crippen molar-refractivity contribution in [3.8, 4) is 0 Å². The van der Waals surface area contributed by atoms with E-state index in [2.05, 4.69) is 10.6 Å². The van der Waals surface area contributed by atoms with Gasteiger partial charge in [0.15, 0.2) is 0 Å². The first-order valence-corrected chi connectivity index (χ1v) is 7.94. The number of hydrogen-bond donors (Lipinski definition) is 3. The molecule has 20 heavy (non-hydrogen) atoms. The van der Waals surface area contributed by atoms with Crippen LogP contribution < -0.4 is 10.6 Å². The van der Waals surface area contributed by atoms with Gasteiger partial charge in [-0.25, -0.2) is 9.59 Å². The van der Waals surface area contributed by atoms with Crippen molar-refractivity contribution in [2.75, 3.05) is 0 Å². The first-order chi connectivity index (χ1) is 9.62. The lowest BCUT2D eigenvalue weighted by Gasteiger charge is -2.34. The maximum absolute atomic E-state index is 12.1. The van der Waals surface area contributed by atoms with Gasteiger partial charge < -0.3 is 15.7 Å². The van der Waals surface area contributed by atoms with E-state index in [-0.39, 0.29) is 12.1 Å². The van der Waals surface area contributed by atoms with E-state index in [1.807, 2.05) is 0 Å². The molecule has 5 nitrogen and oxygen atoms in total. The highest BCUT2D eigenvalue weighted by Crippen LogP contribution is 2.28. The van der Waals surface area contributed by atoms with Crippen molar-refractivity contribution in [2.24, 2.45) is 0 Å². The number of nitrogens with one attached hydrogen (secondary N) is 2. The molecule has 0 bridgehead atoms. The summed E-state index contributed by atoms with van der Waals surface area (Å²) in [4.78, 5) is 23.6. The van der Waals surface area contributed by atoms with Gasteiger partial charge in [0.25, 0.3) is 0 Å². The van der Waals surface area contributed by atoms with Gasteiger partial charge in [0.05, 0.1) is 0 Å². The molecule has 2 aliphatic rings. The van der Waals surface area contributed by atoms with E-state index in [0.717, 1.165) is 44.9 Å². The molecular formula is C15H26N2O3. The van der Waals surface area contributed by atoms with Crippen molar-refractivity contribution >= 4 is 12.0 Å². The number of amides is 2. The van der Waals surface area contributed by atoms with Crippen LogP contribution in [-0.2, 0) is 4.79 Å². The van der Waals surface area contributed by atoms with Gasteiger partial charge in [-0.2, -0.15) is 0 Å². The van der Waals surface area contributed by atoms with E-state index in [1.165, 1.54) is 12.8 Å². The Bertz CT molecular complexity index is 343. The lowest BCUT2D eigenvalue weighted by molar-refractivity contribution is -0.145. The predicted molar refractivity (Wildman–Crippen MR) is 76.6 cm³/mol. The van der Waals surface area contributed by atoms with Gasteiger partial charge in [-0.15, -0.1) is 0 Å². The Morgan fingerprint density at radius 1 is 0.900 bits per heavy atom. The summed E-state index contributed by atoms with van der Waals surface area (Å²) < 4.78 is 0. The third-order valence-electron chi connectivity index (χ3n) is 4.66. The highest BCUT2D eigenvalue weighted by Gasteiger charge is 2.41. The molecule has 0 atom stereocenters. The minimum absolute atomic E-state index is 0.201. The average molecular weight is 282 g/mol. The molecule has 5 heteroatoms. The molecule has 0 aromatic carbocycles. The highest BCUT2D eigenvalue weighted by atomic mass is 16.4. The summed E-state index contributed by atoms with van der Waals surface area (Å²) in [7, 11) is 0. The normalized spacial score (nSPS) is 23.6. The minimum Gasteiger partial charge on any atom is -0.480 e. The van der Waals surface area contributed by atoms with Crippen LogP contribution in [0.15, 0.2) is 0 Å². The molecule has 3 N–H and O–H groups in total. The van der Waals surface area contributed by atoms with Crippen LogP contribution in [0.2, 0.25) is 0 Å². The van der Waals surface area contributed by atoms with Crippen molar-refractivity contribution in [1.29, 1.82) is 0 Å². The second-order valence-electron chi connectivity index (χ2n) is 6.23. The maximum Gasteiger partial charge on any atom is 0.329 e. The maximum atomic E-state index is 12.1. The fraction of sp³-hybridized carbons (Fsp3) is 0.867. The van der Waals surface area contributed by atoms with Gasteiger partial charge in [0, 0.05) is 6.04 Å². The van der Waals surface area contributed by atoms with Crippen LogP contribution in [0.4, 0.5) is 4.79 Å². The van der Waals surface area contributed by atoms with Gasteiger partial charge >= 0.3 is 12.0 Å². The summed E-state index contributed by atoms with van der Waals surface area (Å²) >= 11 is 0. The summed E-state index contributed by atoms with van der Waals surface area (Å²) in [6, 6.07) is -0.104. The highest BCUT2D eigenvalue weighted by molar-refractivity contribution is 5.86. The lowest BCUT2D eigenvalue weighted by Crippen LogP contribution is -2.59. The van der Waals surface area contributed by atoms with E-state index in [1.54, 1.807) is 0 Å². The zero-order valence-corrected chi connectivity index (χ0v) is 12.1. The fourth-order valence-corrected chi connectivity index (χ4v) is 3.41. The Labute approximate surface area is 120 Å². The molecule has 2 amide bonds. The summed E-state index contributed by atoms with van der Waals surface area (Å²) in [6.45, 7) is 0. The van der Waals surface area contributed by atoms with Gasteiger partial charge in [0.2, 0.25) is 0 Å². The molecule has 0 aromatic heterocycles. The van der Waals surface area contributed by atoms with Crippen molar-refractivity contribution in [1.82, 2.24) is 10.6 Å². The van der Waals surface area contributed by atoms with Gasteiger partial charge in [-0.05, 0) is 25.7 Å². The van der Waals surface area contributed by atoms with Gasteiger partial charge in [0.1, 0.15) is 5.54 Å². The van der Waals surface area contributed by atoms with Gasteiger partial charge in [-0.1, -0.05) is 44.9 Å². The lowest BCUT2D eigenvalue weighted by atomic mass is 9.82. The zero-order chi connectivity index (χ0) is 14.4. The van der Waals surface area contributed by atoms with E-state index >= 15 is 0 Å². The number of carboxylic acid groups (broad SMARTS) is 1. The molecule has 0 aliphatic heterocycles. The molecular weight excluding hydrogens is 256 g/mol. The summed E-state index contributed by atoms with van der Waals surface area (Å²) in [6.07, 6.45) is 10.7. The van der Waals surface area contributed by atoms with Gasteiger partial charge in [-0.3, -0.25) is 0 Å². The first kappa shape index (κ1) is 15.1. The Morgan fingerprint density at radius 2 is 1.45 bits per heavy atom. The number of urea groups is 1. The Kier molecular flexibility index (Phi) is 5.26. The van der Waals surface area contributed by atoms with Crippen LogP contribution in [0.1, 0.15) is 70.6 Å². The number of rotatable bonds is 3. The van der Waals surface area contributed by atoms with E-state index in [4.69, 9.17) is 0 Å². The SMILES string of the molecule is O=C(NC1CCCCCC1)NC1(C(=O)O)CCCCC1. The monoisotopic (exact) mass is 282 g/mol. The molecule has 2 saturated carbocycles. The number of carboxylic acids is 1. The third-order valence-corrected chi connectivity index (χ3v) is 4.66. The third kappa shape index (κ3) is 3.87. The van der Waals surface area contributed by atoms with Crippen LogP contribution in [0, 0.1) is 0 Å². The molecule has 2 rings (SSSR count). The standard InChI is InChI=1S/C15H26N2O3/c18-13(19)15(10-6-3-7-11-15)17-14(20)16-12-8-4-1-2-5-9-12/h12H,1-11H2,(H,18,19)(H2,16,17,20). The second-order valence-corrected chi connectivity index (χ2v) is 6.23. The minimum atomic E-state index is -1.05. The molecule has 114 valence electrons. The second kappa shape index (κ2) is 6.95. The summed E-state index contributed by atoms with van der Waals surface area (Å²) in [5, 5.41) is 15.2. The van der Waals surface area contributed by atoms with E-state index < -0.39 is 11.5 Å². The number of hydrogen-bond acceptors (Lipinski definition) is 2. The molecule has 0 aromatic rings. The van der Waals surface area contributed by atoms with Crippen LogP contribution >= 0.6 is 0 Å². The predicted octanol–water partition coefficient (Wildman–Crippen LogP) is 2.80. The first-order valence-electron chi connectivity index (χ1n) is 7.94. The average Bonchev–Trinajstić information content (AvgIpc) is 2.68. The number of carbonyl (C=O) groups excluding carboxylic acids is 1. The van der Waals surface area contributed by atoms with Crippen molar-refractivity contribution in [2.45, 2.75) is 82.2 Å². The molecule has 0 spiro atoms. The fourth-order valence-electron chi connectivity index (χ4n) is 3.41. The summed E-state index contributed by atoms with van der Waals surface area (Å²) in [5.74, 6) is -0.895. The van der Waals surface area contributed by atoms with Crippen molar-refractivity contribution < 1.29 is 14.7 Å². The molecule has 2 aliphatic carbocycles. The van der Waals surface area contributed by atoms with Crippen molar-refractivity contribution in [3.63, 3.8) is 0 Å². The molecule has 2 fully saturated rings. The topological polar surface area (TPSA) is 78.4 Å². The molecule has 0 unspecified atom stereocenters. The Balaban J connectivity index is 1.89. The smallest absolute Gasteiger partial charge is 0.329 e. The van der Waals surface area contributed by atoms with Crippen LogP contribution in [0.3, 0.4) is 0 Å². The van der Waals surface area contributed by atoms with E-state index in [9.17, 15) is 14.7 Å². The Hall–Kier alpha value is -1.26. The van der Waals surface area contributed by atoms with Crippen LogP contribution in [-0.4, -0.2) is 28.7 Å². The van der Waals surface area contributed by atoms with Crippen LogP contribution in [0.5, 0.6) is 0 Å². The largest absolute Gasteiger partial charge is 0.480 e. The number of carbonyl (C=O) groups is 2. The van der Waals surface area contributed by atoms with Crippen LogP contribution in [0.25, 0.3) is 0 Å². The van der Waals surface area contributed by atoms with Crippen molar-refractivity contribution in [3.05, 3.63) is 0 Å². The quantitative estimate of drug-likeness (QED) is 0.696. The molecule has 0 radical (unpaired) electrons.